The Morgan fingerprint density at radius 2 is 1.69 bits per heavy atom. The lowest BCUT2D eigenvalue weighted by molar-refractivity contribution is -0.0663. The smallest absolute Gasteiger partial charge is 0.341 e. The van der Waals surface area contributed by atoms with Crippen LogP contribution >= 0.6 is 0 Å². The van der Waals surface area contributed by atoms with Crippen LogP contribution in [-0.4, -0.2) is 11.6 Å². The third-order valence-electron chi connectivity index (χ3n) is 8.23. The van der Waals surface area contributed by atoms with Crippen molar-refractivity contribution in [3.63, 3.8) is 0 Å². The SMILES string of the molecule is O=C1O[C@]2(C[C@H](c3ccccc3)[C@@H]3CCCC[C@]34Nc3ccccc3N42)c2ccccc21. The lowest BCUT2D eigenvalue weighted by atomic mass is 9.62. The van der Waals surface area contributed by atoms with Gasteiger partial charge in [-0.05, 0) is 48.9 Å². The Bertz CT molecular complexity index is 1220. The molecule has 3 heterocycles. The molecule has 0 aromatic heterocycles. The van der Waals surface area contributed by atoms with Gasteiger partial charge in [0, 0.05) is 17.9 Å². The van der Waals surface area contributed by atoms with Crippen LogP contribution in [0.25, 0.3) is 0 Å². The highest BCUT2D eigenvalue weighted by atomic mass is 16.6. The van der Waals surface area contributed by atoms with Gasteiger partial charge in [-0.2, -0.15) is 0 Å². The largest absolute Gasteiger partial charge is 0.431 e. The summed E-state index contributed by atoms with van der Waals surface area (Å²) in [5, 5.41) is 3.98. The zero-order chi connectivity index (χ0) is 21.3. The Morgan fingerprint density at radius 3 is 2.59 bits per heavy atom. The van der Waals surface area contributed by atoms with Crippen molar-refractivity contribution in [1.29, 1.82) is 0 Å². The van der Waals surface area contributed by atoms with E-state index in [9.17, 15) is 4.79 Å². The number of para-hydroxylation sites is 2. The molecular formula is C28H26N2O2. The van der Waals surface area contributed by atoms with E-state index in [0.717, 1.165) is 29.8 Å². The molecule has 7 rings (SSSR count). The van der Waals surface area contributed by atoms with Crippen LogP contribution in [0, 0.1) is 5.92 Å². The lowest BCUT2D eigenvalue weighted by Crippen LogP contribution is -2.69. The fraction of sp³-hybridized carbons (Fsp3) is 0.321. The molecule has 0 radical (unpaired) electrons. The highest BCUT2D eigenvalue weighted by Crippen LogP contribution is 2.65. The number of nitrogens with one attached hydrogen (secondary N) is 1. The highest BCUT2D eigenvalue weighted by Gasteiger charge is 2.67. The van der Waals surface area contributed by atoms with Gasteiger partial charge in [0.1, 0.15) is 5.66 Å². The first-order chi connectivity index (χ1) is 15.7. The number of esters is 1. The fourth-order valence-corrected chi connectivity index (χ4v) is 7.11. The maximum Gasteiger partial charge on any atom is 0.341 e. The number of benzene rings is 3. The molecule has 1 N–H and O–H groups in total. The Balaban J connectivity index is 1.52. The monoisotopic (exact) mass is 422 g/mol. The summed E-state index contributed by atoms with van der Waals surface area (Å²) >= 11 is 0. The molecule has 1 saturated heterocycles. The Kier molecular flexibility index (Phi) is 3.65. The zero-order valence-corrected chi connectivity index (χ0v) is 18.0. The predicted octanol–water partition coefficient (Wildman–Crippen LogP) is 6.02. The molecule has 0 bridgehead atoms. The van der Waals surface area contributed by atoms with Crippen LogP contribution in [-0.2, 0) is 10.5 Å². The minimum Gasteiger partial charge on any atom is -0.431 e. The minimum absolute atomic E-state index is 0.207. The summed E-state index contributed by atoms with van der Waals surface area (Å²) in [7, 11) is 0. The number of nitrogens with zero attached hydrogens (tertiary/aromatic N) is 1. The van der Waals surface area contributed by atoms with E-state index >= 15 is 0 Å². The van der Waals surface area contributed by atoms with E-state index in [-0.39, 0.29) is 11.6 Å². The zero-order valence-electron chi connectivity index (χ0n) is 18.0. The molecule has 3 aromatic carbocycles. The number of hydrogen-bond donors (Lipinski definition) is 1. The van der Waals surface area contributed by atoms with Crippen LogP contribution < -0.4 is 10.2 Å². The maximum atomic E-state index is 13.2. The second-order valence-electron chi connectivity index (χ2n) is 9.69. The molecule has 3 aromatic rings. The number of hydrogen-bond acceptors (Lipinski definition) is 4. The van der Waals surface area contributed by atoms with E-state index < -0.39 is 5.72 Å². The van der Waals surface area contributed by atoms with Gasteiger partial charge in [-0.3, -0.25) is 0 Å². The van der Waals surface area contributed by atoms with Crippen molar-refractivity contribution >= 4 is 17.3 Å². The molecule has 1 saturated carbocycles. The molecule has 0 unspecified atom stereocenters. The number of ether oxygens (including phenoxy) is 1. The number of carbonyl (C=O) groups excluding carboxylic acids is 1. The Morgan fingerprint density at radius 1 is 0.906 bits per heavy atom. The van der Waals surface area contributed by atoms with Crippen LogP contribution in [0.5, 0.6) is 0 Å². The number of piperidine rings is 1. The van der Waals surface area contributed by atoms with E-state index in [1.54, 1.807) is 0 Å². The van der Waals surface area contributed by atoms with Gasteiger partial charge in [0.25, 0.3) is 0 Å². The van der Waals surface area contributed by atoms with Crippen molar-refractivity contribution in [3.05, 3.63) is 95.6 Å². The summed E-state index contributed by atoms with van der Waals surface area (Å²) in [6, 6.07) is 27.4. The standard InChI is InChI=1S/C28H26N2O2/c31-26-20-12-4-5-14-23(20)28(32-26)18-21(19-10-2-1-3-11-19)22-13-8-9-17-27(22)29-24-15-6-7-16-25(24)30(27)28/h1-7,10-12,14-16,21-22,29H,8-9,13,17-18H2/t21-,22+,27-,28-/m1/s1. The maximum absolute atomic E-state index is 13.2. The Hall–Kier alpha value is -3.27. The van der Waals surface area contributed by atoms with Gasteiger partial charge >= 0.3 is 5.97 Å². The van der Waals surface area contributed by atoms with Crippen molar-refractivity contribution in [2.45, 2.75) is 49.4 Å². The van der Waals surface area contributed by atoms with Crippen molar-refractivity contribution in [1.82, 2.24) is 0 Å². The molecule has 4 heteroatoms. The summed E-state index contributed by atoms with van der Waals surface area (Å²) < 4.78 is 6.47. The summed E-state index contributed by atoms with van der Waals surface area (Å²) in [5.74, 6) is 0.526. The van der Waals surface area contributed by atoms with Gasteiger partial charge in [-0.1, -0.05) is 67.1 Å². The van der Waals surface area contributed by atoms with Crippen LogP contribution in [0.3, 0.4) is 0 Å². The summed E-state index contributed by atoms with van der Waals surface area (Å²) in [6.07, 6.45) is 5.38. The number of rotatable bonds is 1. The molecule has 3 aliphatic heterocycles. The second-order valence-corrected chi connectivity index (χ2v) is 9.69. The molecule has 2 fully saturated rings. The molecule has 32 heavy (non-hydrogen) atoms. The van der Waals surface area contributed by atoms with Crippen LogP contribution in [0.2, 0.25) is 0 Å². The molecule has 0 amide bonds. The van der Waals surface area contributed by atoms with Gasteiger partial charge in [0.15, 0.2) is 0 Å². The molecule has 160 valence electrons. The summed E-state index contributed by atoms with van der Waals surface area (Å²) in [5.41, 5.74) is 4.28. The van der Waals surface area contributed by atoms with Crippen LogP contribution in [0.4, 0.5) is 11.4 Å². The molecule has 2 spiro atoms. The fourth-order valence-electron chi connectivity index (χ4n) is 7.11. The first kappa shape index (κ1) is 18.3. The van der Waals surface area contributed by atoms with Gasteiger partial charge in [-0.25, -0.2) is 4.79 Å². The molecular weight excluding hydrogens is 396 g/mol. The average molecular weight is 423 g/mol. The summed E-state index contributed by atoms with van der Waals surface area (Å²) in [6.45, 7) is 0. The first-order valence-corrected chi connectivity index (χ1v) is 11.8. The highest BCUT2D eigenvalue weighted by molar-refractivity contribution is 5.96. The first-order valence-electron chi connectivity index (χ1n) is 11.8. The van der Waals surface area contributed by atoms with Crippen molar-refractivity contribution in [3.8, 4) is 0 Å². The minimum atomic E-state index is -0.804. The quantitative estimate of drug-likeness (QED) is 0.487. The van der Waals surface area contributed by atoms with E-state index in [1.165, 1.54) is 24.8 Å². The second kappa shape index (κ2) is 6.38. The van der Waals surface area contributed by atoms with E-state index in [0.29, 0.717) is 17.4 Å². The molecule has 1 aliphatic carbocycles. The number of carbonyl (C=O) groups is 1. The summed E-state index contributed by atoms with van der Waals surface area (Å²) in [4.78, 5) is 15.6. The van der Waals surface area contributed by atoms with E-state index in [4.69, 9.17) is 4.74 Å². The predicted molar refractivity (Wildman–Crippen MR) is 125 cm³/mol. The third-order valence-corrected chi connectivity index (χ3v) is 8.23. The van der Waals surface area contributed by atoms with Gasteiger partial charge in [0.2, 0.25) is 5.72 Å². The van der Waals surface area contributed by atoms with E-state index in [2.05, 4.69) is 70.9 Å². The van der Waals surface area contributed by atoms with Crippen molar-refractivity contribution < 1.29 is 9.53 Å². The average Bonchev–Trinajstić information content (AvgIpc) is 3.32. The Labute approximate surface area is 188 Å². The molecule has 4 nitrogen and oxygen atoms in total. The molecule has 4 aliphatic rings. The topological polar surface area (TPSA) is 41.6 Å². The molecule has 4 atom stereocenters. The van der Waals surface area contributed by atoms with Crippen molar-refractivity contribution in [2.75, 3.05) is 10.2 Å². The number of fused-ring (bicyclic) bond motifs is 5. The normalized spacial score (nSPS) is 31.9. The van der Waals surface area contributed by atoms with Gasteiger partial charge < -0.3 is 15.0 Å². The van der Waals surface area contributed by atoms with Crippen LogP contribution in [0.1, 0.15) is 59.5 Å². The van der Waals surface area contributed by atoms with Gasteiger partial charge in [0.05, 0.1) is 16.9 Å². The van der Waals surface area contributed by atoms with Crippen LogP contribution in [0.15, 0.2) is 78.9 Å². The third kappa shape index (κ3) is 2.20. The lowest BCUT2D eigenvalue weighted by Gasteiger charge is -2.61. The van der Waals surface area contributed by atoms with E-state index in [1.807, 2.05) is 18.2 Å². The number of anilines is 2. The van der Waals surface area contributed by atoms with Crippen molar-refractivity contribution in [2.24, 2.45) is 5.92 Å². The van der Waals surface area contributed by atoms with Gasteiger partial charge in [-0.15, -0.1) is 0 Å².